The van der Waals surface area contributed by atoms with Gasteiger partial charge in [0.1, 0.15) is 5.60 Å². The van der Waals surface area contributed by atoms with Gasteiger partial charge in [0.05, 0.1) is 0 Å². The van der Waals surface area contributed by atoms with E-state index in [-0.39, 0.29) is 5.60 Å². The second-order valence-electron chi connectivity index (χ2n) is 5.75. The van der Waals surface area contributed by atoms with E-state index in [1.54, 1.807) is 0 Å². The van der Waals surface area contributed by atoms with E-state index >= 15 is 0 Å². The molecular formula is C16H26O2. The van der Waals surface area contributed by atoms with Gasteiger partial charge in [-0.25, -0.2) is 0 Å². The highest BCUT2D eigenvalue weighted by atomic mass is 17.2. The molecule has 0 saturated carbocycles. The first-order chi connectivity index (χ1) is 8.44. The van der Waals surface area contributed by atoms with E-state index in [0.717, 1.165) is 18.6 Å². The molecule has 0 aromatic heterocycles. The maximum absolute atomic E-state index is 5.52. The zero-order valence-electron chi connectivity index (χ0n) is 12.3. The lowest BCUT2D eigenvalue weighted by Gasteiger charge is -2.23. The molecule has 1 aromatic rings. The third-order valence-corrected chi connectivity index (χ3v) is 3.04. The summed E-state index contributed by atoms with van der Waals surface area (Å²) in [5.41, 5.74) is 1.08. The predicted octanol–water partition coefficient (Wildman–Crippen LogP) is 5.09. The molecule has 0 bridgehead atoms. The van der Waals surface area contributed by atoms with Crippen molar-refractivity contribution in [2.24, 2.45) is 0 Å². The molecule has 0 amide bonds. The van der Waals surface area contributed by atoms with Crippen molar-refractivity contribution < 1.29 is 9.78 Å². The molecule has 0 heterocycles. The number of hydrogen-bond acceptors (Lipinski definition) is 2. The van der Waals surface area contributed by atoms with Crippen LogP contribution < -0.4 is 4.89 Å². The van der Waals surface area contributed by atoms with E-state index in [4.69, 9.17) is 9.78 Å². The van der Waals surface area contributed by atoms with E-state index < -0.39 is 0 Å². The average Bonchev–Trinajstić information content (AvgIpc) is 2.35. The van der Waals surface area contributed by atoms with Crippen molar-refractivity contribution in [1.29, 1.82) is 0 Å². The molecule has 18 heavy (non-hydrogen) atoms. The Morgan fingerprint density at radius 3 is 2.22 bits per heavy atom. The molecule has 0 unspecified atom stereocenters. The molecule has 1 rings (SSSR count). The highest BCUT2D eigenvalue weighted by Gasteiger charge is 2.20. The van der Waals surface area contributed by atoms with Crippen LogP contribution in [0, 0.1) is 0 Å². The highest BCUT2D eigenvalue weighted by molar-refractivity contribution is 5.28. The molecule has 2 heteroatoms. The molecular weight excluding hydrogens is 224 g/mol. The molecule has 102 valence electrons. The van der Waals surface area contributed by atoms with Gasteiger partial charge in [0.15, 0.2) is 5.75 Å². The van der Waals surface area contributed by atoms with Crippen molar-refractivity contribution in [3.8, 4) is 5.75 Å². The maximum atomic E-state index is 5.52. The monoisotopic (exact) mass is 250 g/mol. The van der Waals surface area contributed by atoms with Crippen molar-refractivity contribution in [3.05, 3.63) is 29.8 Å². The van der Waals surface area contributed by atoms with Crippen LogP contribution in [0.3, 0.4) is 0 Å². The predicted molar refractivity (Wildman–Crippen MR) is 75.8 cm³/mol. The molecule has 0 aliphatic carbocycles. The molecule has 0 aliphatic rings. The fourth-order valence-corrected chi connectivity index (χ4v) is 1.71. The minimum absolute atomic E-state index is 0.229. The summed E-state index contributed by atoms with van der Waals surface area (Å²) >= 11 is 0. The van der Waals surface area contributed by atoms with E-state index in [1.165, 1.54) is 12.0 Å². The number of unbranched alkanes of at least 4 members (excludes halogenated alkanes) is 1. The summed E-state index contributed by atoms with van der Waals surface area (Å²) in [7, 11) is 0. The molecule has 1 aromatic carbocycles. The summed E-state index contributed by atoms with van der Waals surface area (Å²) in [6.45, 7) is 10.7. The SMILES string of the molecule is CCCCC(C)(C)OOc1ccc(C(C)C)cc1. The highest BCUT2D eigenvalue weighted by Crippen LogP contribution is 2.22. The van der Waals surface area contributed by atoms with Crippen LogP contribution >= 0.6 is 0 Å². The third-order valence-electron chi connectivity index (χ3n) is 3.04. The lowest BCUT2D eigenvalue weighted by molar-refractivity contribution is -0.282. The van der Waals surface area contributed by atoms with Crippen LogP contribution in [0.4, 0.5) is 0 Å². The van der Waals surface area contributed by atoms with Crippen LogP contribution in [0.2, 0.25) is 0 Å². The van der Waals surface area contributed by atoms with Gasteiger partial charge in [0, 0.05) is 0 Å². The second kappa shape index (κ2) is 6.79. The van der Waals surface area contributed by atoms with Crippen molar-refractivity contribution in [2.45, 2.75) is 65.4 Å². The molecule has 0 aliphatic heterocycles. The fourth-order valence-electron chi connectivity index (χ4n) is 1.71. The van der Waals surface area contributed by atoms with Crippen LogP contribution in [0.5, 0.6) is 5.75 Å². The Balaban J connectivity index is 2.48. The zero-order chi connectivity index (χ0) is 13.6. The van der Waals surface area contributed by atoms with Gasteiger partial charge in [-0.05, 0) is 43.9 Å². The van der Waals surface area contributed by atoms with Crippen molar-refractivity contribution >= 4 is 0 Å². The molecule has 2 nitrogen and oxygen atoms in total. The number of benzene rings is 1. The van der Waals surface area contributed by atoms with Gasteiger partial charge in [-0.3, -0.25) is 0 Å². The Labute approximate surface area is 111 Å². The zero-order valence-corrected chi connectivity index (χ0v) is 12.3. The summed E-state index contributed by atoms with van der Waals surface area (Å²) in [5, 5.41) is 0. The Morgan fingerprint density at radius 1 is 1.11 bits per heavy atom. The Kier molecular flexibility index (Phi) is 5.67. The standard InChI is InChI=1S/C16H26O2/c1-6-7-12-16(4,5)18-17-15-10-8-14(9-11-15)13(2)3/h8-11,13H,6-7,12H2,1-5H3. The van der Waals surface area contributed by atoms with Crippen molar-refractivity contribution in [3.63, 3.8) is 0 Å². The van der Waals surface area contributed by atoms with E-state index in [2.05, 4.69) is 46.8 Å². The van der Waals surface area contributed by atoms with E-state index in [1.807, 2.05) is 12.1 Å². The van der Waals surface area contributed by atoms with Crippen LogP contribution in [0.25, 0.3) is 0 Å². The van der Waals surface area contributed by atoms with Crippen LogP contribution in [0.1, 0.15) is 65.4 Å². The lowest BCUT2D eigenvalue weighted by atomic mass is 10.0. The molecule has 0 fully saturated rings. The van der Waals surface area contributed by atoms with Gasteiger partial charge < -0.3 is 4.89 Å². The maximum Gasteiger partial charge on any atom is 0.165 e. The van der Waals surface area contributed by atoms with E-state index in [9.17, 15) is 0 Å². The van der Waals surface area contributed by atoms with Gasteiger partial charge in [0.2, 0.25) is 0 Å². The summed E-state index contributed by atoms with van der Waals surface area (Å²) < 4.78 is 0. The first-order valence-electron chi connectivity index (χ1n) is 6.90. The summed E-state index contributed by atoms with van der Waals surface area (Å²) in [4.78, 5) is 10.9. The Morgan fingerprint density at radius 2 is 1.72 bits per heavy atom. The number of hydrogen-bond donors (Lipinski definition) is 0. The molecule has 0 spiro atoms. The smallest absolute Gasteiger partial charge is 0.165 e. The quantitative estimate of drug-likeness (QED) is 0.495. The van der Waals surface area contributed by atoms with Crippen LogP contribution in [0.15, 0.2) is 24.3 Å². The van der Waals surface area contributed by atoms with Gasteiger partial charge >= 0.3 is 0 Å². The van der Waals surface area contributed by atoms with E-state index in [0.29, 0.717) is 5.92 Å². The summed E-state index contributed by atoms with van der Waals surface area (Å²) in [6.07, 6.45) is 3.34. The van der Waals surface area contributed by atoms with Crippen LogP contribution in [-0.2, 0) is 4.89 Å². The number of rotatable bonds is 7. The molecule has 0 N–H and O–H groups in total. The molecule has 0 atom stereocenters. The minimum atomic E-state index is -0.229. The summed E-state index contributed by atoms with van der Waals surface area (Å²) in [6, 6.07) is 8.10. The minimum Gasteiger partial charge on any atom is -0.337 e. The Hall–Kier alpha value is -1.02. The van der Waals surface area contributed by atoms with Gasteiger partial charge in [-0.15, -0.1) is 0 Å². The van der Waals surface area contributed by atoms with Gasteiger partial charge in [0.25, 0.3) is 0 Å². The first-order valence-corrected chi connectivity index (χ1v) is 6.90. The van der Waals surface area contributed by atoms with Crippen molar-refractivity contribution in [1.82, 2.24) is 0 Å². The van der Waals surface area contributed by atoms with Gasteiger partial charge in [-0.2, -0.15) is 4.89 Å². The average molecular weight is 250 g/mol. The first kappa shape index (κ1) is 15.0. The lowest BCUT2D eigenvalue weighted by Crippen LogP contribution is -2.26. The fraction of sp³-hybridized carbons (Fsp3) is 0.625. The van der Waals surface area contributed by atoms with Gasteiger partial charge in [-0.1, -0.05) is 45.7 Å². The largest absolute Gasteiger partial charge is 0.337 e. The topological polar surface area (TPSA) is 18.5 Å². The Bertz CT molecular complexity index is 339. The molecule has 0 saturated heterocycles. The summed E-state index contributed by atoms with van der Waals surface area (Å²) in [5.74, 6) is 1.31. The van der Waals surface area contributed by atoms with Crippen molar-refractivity contribution in [2.75, 3.05) is 0 Å². The third kappa shape index (κ3) is 5.09. The molecule has 0 radical (unpaired) electrons. The van der Waals surface area contributed by atoms with Crippen LogP contribution in [-0.4, -0.2) is 5.60 Å². The normalized spacial score (nSPS) is 11.9. The second-order valence-corrected chi connectivity index (χ2v) is 5.75.